The summed E-state index contributed by atoms with van der Waals surface area (Å²) in [6.45, 7) is 10.2. The summed E-state index contributed by atoms with van der Waals surface area (Å²) in [5.74, 6) is -0.255. The van der Waals surface area contributed by atoms with Gasteiger partial charge in [-0.05, 0) is 39.0 Å². The lowest BCUT2D eigenvalue weighted by Crippen LogP contribution is -2.69. The molecule has 2 aliphatic heterocycles. The van der Waals surface area contributed by atoms with Crippen molar-refractivity contribution >= 4 is 5.97 Å². The SMILES string of the molecule is CO[C@]1(C)CCC[C@]2(C)C[C@H]3OC(=O)[C@@H](CNCCN4CCOCC4)[C@H]3C[C@]21O. The number of nitrogens with one attached hydrogen (secondary N) is 1. The van der Waals surface area contributed by atoms with E-state index in [0.29, 0.717) is 13.0 Å². The Labute approximate surface area is 174 Å². The zero-order valence-corrected chi connectivity index (χ0v) is 18.2. The Kier molecular flexibility index (Phi) is 5.99. The first-order chi connectivity index (χ1) is 13.8. The molecule has 0 aromatic carbocycles. The second-order valence-electron chi connectivity index (χ2n) is 10.0. The van der Waals surface area contributed by atoms with Gasteiger partial charge in [0.25, 0.3) is 0 Å². The molecule has 0 aromatic heterocycles. The summed E-state index contributed by atoms with van der Waals surface area (Å²) in [7, 11) is 1.71. The highest BCUT2D eigenvalue weighted by Crippen LogP contribution is 2.61. The van der Waals surface area contributed by atoms with Gasteiger partial charge in [-0.1, -0.05) is 6.92 Å². The van der Waals surface area contributed by atoms with Crippen LogP contribution in [0, 0.1) is 17.3 Å². The van der Waals surface area contributed by atoms with E-state index in [2.05, 4.69) is 17.1 Å². The molecule has 29 heavy (non-hydrogen) atoms. The van der Waals surface area contributed by atoms with E-state index in [1.807, 2.05) is 6.92 Å². The van der Waals surface area contributed by atoms with E-state index in [1.165, 1.54) is 0 Å². The fourth-order valence-corrected chi connectivity index (χ4v) is 6.44. The van der Waals surface area contributed by atoms with Crippen LogP contribution in [0.15, 0.2) is 0 Å². The van der Waals surface area contributed by atoms with E-state index in [4.69, 9.17) is 14.2 Å². The fourth-order valence-electron chi connectivity index (χ4n) is 6.44. The monoisotopic (exact) mass is 410 g/mol. The molecular weight excluding hydrogens is 372 g/mol. The second-order valence-corrected chi connectivity index (χ2v) is 10.0. The Morgan fingerprint density at radius 1 is 1.24 bits per heavy atom. The topological polar surface area (TPSA) is 80.3 Å². The smallest absolute Gasteiger partial charge is 0.310 e. The second kappa shape index (κ2) is 8.08. The number of rotatable bonds is 6. The number of carbonyl (C=O) groups excluding carboxylic acids is 1. The molecule has 166 valence electrons. The summed E-state index contributed by atoms with van der Waals surface area (Å²) in [5.41, 5.74) is -1.80. The number of nitrogens with zero attached hydrogens (tertiary/aromatic N) is 1. The lowest BCUT2D eigenvalue weighted by Gasteiger charge is -2.62. The van der Waals surface area contributed by atoms with Crippen molar-refractivity contribution in [1.82, 2.24) is 10.2 Å². The molecule has 7 heteroatoms. The molecule has 2 N–H and O–H groups in total. The summed E-state index contributed by atoms with van der Waals surface area (Å²) in [6, 6.07) is 0. The third-order valence-electron chi connectivity index (χ3n) is 8.53. The summed E-state index contributed by atoms with van der Waals surface area (Å²) >= 11 is 0. The van der Waals surface area contributed by atoms with Crippen molar-refractivity contribution in [1.29, 1.82) is 0 Å². The van der Waals surface area contributed by atoms with Gasteiger partial charge in [0.05, 0.1) is 30.3 Å². The number of fused-ring (bicyclic) bond motifs is 2. The van der Waals surface area contributed by atoms with Crippen LogP contribution in [-0.2, 0) is 19.0 Å². The Morgan fingerprint density at radius 2 is 2.00 bits per heavy atom. The van der Waals surface area contributed by atoms with Crippen molar-refractivity contribution in [3.63, 3.8) is 0 Å². The van der Waals surface area contributed by atoms with E-state index in [-0.39, 0.29) is 29.3 Å². The summed E-state index contributed by atoms with van der Waals surface area (Å²) in [5, 5.41) is 15.4. The van der Waals surface area contributed by atoms with Gasteiger partial charge in [-0.3, -0.25) is 9.69 Å². The minimum Gasteiger partial charge on any atom is -0.462 e. The molecule has 0 radical (unpaired) electrons. The number of morpholine rings is 1. The standard InChI is InChI=1S/C22H38N2O5/c1-20-5-4-6-21(2,27-3)22(20,26)13-16-17(19(25)29-18(16)14-20)15-23-7-8-24-9-11-28-12-10-24/h16-18,23,26H,4-15H2,1-3H3/t16-,17+,18-,20-,21-,22+/m1/s1. The maximum atomic E-state index is 12.7. The maximum absolute atomic E-state index is 12.7. The Bertz CT molecular complexity index is 612. The molecule has 6 atom stereocenters. The van der Waals surface area contributed by atoms with Crippen molar-refractivity contribution in [2.24, 2.45) is 17.3 Å². The summed E-state index contributed by atoms with van der Waals surface area (Å²) < 4.78 is 17.1. The van der Waals surface area contributed by atoms with Crippen molar-refractivity contribution in [2.45, 2.75) is 63.3 Å². The fraction of sp³-hybridized carbons (Fsp3) is 0.955. The Morgan fingerprint density at radius 3 is 2.72 bits per heavy atom. The molecule has 2 aliphatic carbocycles. The summed E-state index contributed by atoms with van der Waals surface area (Å²) in [4.78, 5) is 15.1. The minimum atomic E-state index is -0.936. The lowest BCUT2D eigenvalue weighted by molar-refractivity contribution is -0.270. The van der Waals surface area contributed by atoms with Crippen LogP contribution in [0.2, 0.25) is 0 Å². The van der Waals surface area contributed by atoms with Crippen LogP contribution in [0.3, 0.4) is 0 Å². The van der Waals surface area contributed by atoms with Gasteiger partial charge < -0.3 is 24.6 Å². The highest BCUT2D eigenvalue weighted by Gasteiger charge is 2.67. The molecule has 4 aliphatic rings. The van der Waals surface area contributed by atoms with Gasteiger partial charge in [0.2, 0.25) is 0 Å². The zero-order valence-electron chi connectivity index (χ0n) is 18.2. The van der Waals surface area contributed by atoms with Crippen LogP contribution in [0.1, 0.15) is 46.0 Å². The highest BCUT2D eigenvalue weighted by molar-refractivity contribution is 5.75. The number of hydrogen-bond donors (Lipinski definition) is 2. The van der Waals surface area contributed by atoms with Gasteiger partial charge >= 0.3 is 5.97 Å². The number of carbonyl (C=O) groups is 1. The first-order valence-corrected chi connectivity index (χ1v) is 11.3. The number of ether oxygens (including phenoxy) is 3. The van der Waals surface area contributed by atoms with Gasteiger partial charge in [0.15, 0.2) is 0 Å². The summed E-state index contributed by atoms with van der Waals surface area (Å²) in [6.07, 6.45) is 4.04. The molecule has 2 heterocycles. The molecular formula is C22H38N2O5. The molecule has 2 saturated carbocycles. The largest absolute Gasteiger partial charge is 0.462 e. The molecule has 0 aromatic rings. The first-order valence-electron chi connectivity index (χ1n) is 11.3. The van der Waals surface area contributed by atoms with E-state index >= 15 is 0 Å². The molecule has 0 amide bonds. The predicted molar refractivity (Wildman–Crippen MR) is 109 cm³/mol. The van der Waals surface area contributed by atoms with Crippen molar-refractivity contribution < 1.29 is 24.1 Å². The average molecular weight is 411 g/mol. The number of methoxy groups -OCH3 is 1. The van der Waals surface area contributed by atoms with Crippen LogP contribution < -0.4 is 5.32 Å². The highest BCUT2D eigenvalue weighted by atomic mass is 16.6. The van der Waals surface area contributed by atoms with Gasteiger partial charge in [0.1, 0.15) is 6.10 Å². The zero-order chi connectivity index (χ0) is 20.7. The van der Waals surface area contributed by atoms with Crippen LogP contribution in [-0.4, -0.2) is 86.3 Å². The van der Waals surface area contributed by atoms with Crippen LogP contribution >= 0.6 is 0 Å². The molecule has 4 rings (SSSR count). The number of hydrogen-bond acceptors (Lipinski definition) is 7. The molecule has 0 bridgehead atoms. The van der Waals surface area contributed by atoms with Crippen molar-refractivity contribution in [3.05, 3.63) is 0 Å². The molecule has 7 nitrogen and oxygen atoms in total. The average Bonchev–Trinajstić information content (AvgIpc) is 2.99. The van der Waals surface area contributed by atoms with Gasteiger partial charge in [-0.15, -0.1) is 0 Å². The van der Waals surface area contributed by atoms with Gasteiger partial charge in [-0.2, -0.15) is 0 Å². The molecule has 2 saturated heterocycles. The molecule has 0 unspecified atom stereocenters. The Balaban J connectivity index is 1.40. The lowest BCUT2D eigenvalue weighted by atomic mass is 9.49. The van der Waals surface area contributed by atoms with Crippen LogP contribution in [0.25, 0.3) is 0 Å². The Hall–Kier alpha value is -0.730. The van der Waals surface area contributed by atoms with Crippen LogP contribution in [0.5, 0.6) is 0 Å². The first kappa shape index (κ1) is 21.5. The van der Waals surface area contributed by atoms with E-state index in [1.54, 1.807) is 7.11 Å². The van der Waals surface area contributed by atoms with Gasteiger partial charge in [0, 0.05) is 51.2 Å². The third-order valence-corrected chi connectivity index (χ3v) is 8.53. The van der Waals surface area contributed by atoms with Crippen molar-refractivity contribution in [2.75, 3.05) is 53.0 Å². The quantitative estimate of drug-likeness (QED) is 0.503. The normalized spacial score (nSPS) is 45.5. The third kappa shape index (κ3) is 3.63. The van der Waals surface area contributed by atoms with Gasteiger partial charge in [-0.25, -0.2) is 0 Å². The number of esters is 1. The molecule has 0 spiro atoms. The van der Waals surface area contributed by atoms with E-state index in [0.717, 1.165) is 65.1 Å². The number of aliphatic hydroxyl groups is 1. The van der Waals surface area contributed by atoms with E-state index < -0.39 is 11.2 Å². The van der Waals surface area contributed by atoms with Crippen molar-refractivity contribution in [3.8, 4) is 0 Å². The molecule has 4 fully saturated rings. The van der Waals surface area contributed by atoms with Crippen LogP contribution in [0.4, 0.5) is 0 Å². The predicted octanol–water partition coefficient (Wildman–Crippen LogP) is 1.19. The van der Waals surface area contributed by atoms with E-state index in [9.17, 15) is 9.90 Å². The maximum Gasteiger partial charge on any atom is 0.310 e. The minimum absolute atomic E-state index is 0.0454.